The summed E-state index contributed by atoms with van der Waals surface area (Å²) >= 11 is 5.73. The van der Waals surface area contributed by atoms with Crippen molar-refractivity contribution in [2.24, 2.45) is 0 Å². The van der Waals surface area contributed by atoms with E-state index in [0.717, 1.165) is 0 Å². The van der Waals surface area contributed by atoms with E-state index in [2.05, 4.69) is 20.3 Å². The molecule has 0 aromatic carbocycles. The number of carboxylic acid groups (broad SMARTS) is 1. The molecule has 1 unspecified atom stereocenters. The van der Waals surface area contributed by atoms with Gasteiger partial charge in [-0.25, -0.2) is 15.0 Å². The second-order valence-corrected chi connectivity index (χ2v) is 5.98. The summed E-state index contributed by atoms with van der Waals surface area (Å²) in [6.45, 7) is 0.418. The van der Waals surface area contributed by atoms with E-state index in [-0.39, 0.29) is 12.3 Å². The Morgan fingerprint density at radius 3 is 2.80 bits per heavy atom. The number of imidazole rings is 1. The van der Waals surface area contributed by atoms with Crippen molar-refractivity contribution in [2.75, 3.05) is 17.7 Å². The van der Waals surface area contributed by atoms with Crippen LogP contribution in [0.4, 0.5) is 5.82 Å². The van der Waals surface area contributed by atoms with Gasteiger partial charge in [-0.2, -0.15) is 0 Å². The highest BCUT2D eigenvalue weighted by atomic mass is 35.5. The lowest BCUT2D eigenvalue weighted by atomic mass is 10.1. The lowest BCUT2D eigenvalue weighted by Crippen LogP contribution is -2.32. The summed E-state index contributed by atoms with van der Waals surface area (Å²) in [5, 5.41) is 31.8. The zero-order valence-electron chi connectivity index (χ0n) is 13.1. The Morgan fingerprint density at radius 2 is 2.12 bits per heavy atom. The average molecular weight is 372 g/mol. The quantitative estimate of drug-likeness (QED) is 0.389. The number of hydrogen-bond acceptors (Lipinski definition) is 8. The van der Waals surface area contributed by atoms with Gasteiger partial charge in [0.1, 0.15) is 24.6 Å². The minimum absolute atomic E-state index is 0.0483. The number of aliphatic carboxylic acids is 1. The molecule has 0 spiro atoms. The van der Waals surface area contributed by atoms with Crippen LogP contribution in [0, 0.1) is 0 Å². The normalized spacial score (nSPS) is 26.2. The summed E-state index contributed by atoms with van der Waals surface area (Å²) in [5.74, 6) is -0.359. The molecular formula is C14H18ClN5O5. The summed E-state index contributed by atoms with van der Waals surface area (Å²) in [5.41, 5.74) is 0.875. The topological polar surface area (TPSA) is 143 Å². The minimum atomic E-state index is -1.16. The van der Waals surface area contributed by atoms with E-state index in [1.165, 1.54) is 17.2 Å². The second-order valence-electron chi connectivity index (χ2n) is 5.67. The van der Waals surface area contributed by atoms with E-state index in [9.17, 15) is 15.0 Å². The molecule has 25 heavy (non-hydrogen) atoms. The number of hydrogen-bond donors (Lipinski definition) is 4. The molecule has 2 aromatic heterocycles. The summed E-state index contributed by atoms with van der Waals surface area (Å²) < 4.78 is 7.11. The maximum atomic E-state index is 10.5. The molecule has 0 aliphatic carbocycles. The number of aromatic nitrogens is 4. The summed E-state index contributed by atoms with van der Waals surface area (Å²) in [4.78, 5) is 23.1. The molecule has 0 saturated carbocycles. The van der Waals surface area contributed by atoms with Gasteiger partial charge in [-0.1, -0.05) is 0 Å². The first kappa shape index (κ1) is 17.8. The summed E-state index contributed by atoms with van der Waals surface area (Å²) in [6, 6.07) is 0. The Labute approximate surface area is 147 Å². The van der Waals surface area contributed by atoms with Crippen molar-refractivity contribution in [1.29, 1.82) is 0 Å². The number of anilines is 1. The number of fused-ring (bicyclic) bond motifs is 1. The first-order valence-corrected chi connectivity index (χ1v) is 8.27. The van der Waals surface area contributed by atoms with Gasteiger partial charge >= 0.3 is 5.97 Å². The van der Waals surface area contributed by atoms with E-state index < -0.39 is 30.5 Å². The van der Waals surface area contributed by atoms with Gasteiger partial charge < -0.3 is 25.4 Å². The second kappa shape index (κ2) is 7.48. The average Bonchev–Trinajstić information content (AvgIpc) is 3.14. The molecule has 4 N–H and O–H groups in total. The molecule has 2 aromatic rings. The zero-order valence-corrected chi connectivity index (χ0v) is 13.9. The highest BCUT2D eigenvalue weighted by Crippen LogP contribution is 2.32. The van der Waals surface area contributed by atoms with Crippen LogP contribution in [0.2, 0.25) is 0 Å². The van der Waals surface area contributed by atoms with Crippen LogP contribution in [0.15, 0.2) is 12.7 Å². The van der Waals surface area contributed by atoms with Crippen molar-refractivity contribution in [3.63, 3.8) is 0 Å². The van der Waals surface area contributed by atoms with Crippen molar-refractivity contribution in [2.45, 2.75) is 37.4 Å². The fraction of sp³-hybridized carbons (Fsp3) is 0.571. The molecule has 3 heterocycles. The van der Waals surface area contributed by atoms with E-state index >= 15 is 0 Å². The van der Waals surface area contributed by atoms with Crippen molar-refractivity contribution < 1.29 is 24.9 Å². The molecule has 3 rings (SSSR count). The predicted octanol–water partition coefficient (Wildman–Crippen LogP) is -0.0390. The Balaban J connectivity index is 1.80. The van der Waals surface area contributed by atoms with Gasteiger partial charge in [0.15, 0.2) is 23.2 Å². The van der Waals surface area contributed by atoms with Gasteiger partial charge in [0.05, 0.1) is 12.2 Å². The lowest BCUT2D eigenvalue weighted by Gasteiger charge is -2.16. The van der Waals surface area contributed by atoms with E-state index in [0.29, 0.717) is 29.9 Å². The molecular weight excluding hydrogens is 354 g/mol. The Morgan fingerprint density at radius 1 is 1.32 bits per heavy atom. The molecule has 136 valence electrons. The molecule has 1 aliphatic rings. The van der Waals surface area contributed by atoms with Crippen molar-refractivity contribution >= 4 is 34.6 Å². The fourth-order valence-corrected chi connectivity index (χ4v) is 2.96. The standard InChI is InChI=1S/C14H18ClN5O5/c15-4-7-10(23)11(24)14(25-7)20-6-19-9-12(17-5-18-13(9)20)16-3-1-2-8(21)22/h5-7,10-11,14,23-24H,1-4H2,(H,21,22)(H,16,17,18)/t7-,10?,11+,14-/m1/s1. The van der Waals surface area contributed by atoms with Crippen LogP contribution in [0.25, 0.3) is 11.2 Å². The number of ether oxygens (including phenoxy) is 1. The number of carboxylic acids is 1. The van der Waals surface area contributed by atoms with Gasteiger partial charge in [-0.05, 0) is 6.42 Å². The number of carbonyl (C=O) groups is 1. The summed E-state index contributed by atoms with van der Waals surface area (Å²) in [7, 11) is 0. The van der Waals surface area contributed by atoms with Crippen LogP contribution in [0.5, 0.6) is 0 Å². The smallest absolute Gasteiger partial charge is 0.303 e. The number of halogens is 1. The van der Waals surface area contributed by atoms with Gasteiger partial charge in [-0.15, -0.1) is 11.6 Å². The largest absolute Gasteiger partial charge is 0.481 e. The van der Waals surface area contributed by atoms with Crippen LogP contribution < -0.4 is 5.32 Å². The van der Waals surface area contributed by atoms with E-state index in [1.54, 1.807) is 0 Å². The monoisotopic (exact) mass is 371 g/mol. The van der Waals surface area contributed by atoms with Gasteiger partial charge in [0, 0.05) is 13.0 Å². The van der Waals surface area contributed by atoms with Crippen LogP contribution in [-0.4, -0.2) is 71.5 Å². The highest BCUT2D eigenvalue weighted by molar-refractivity contribution is 6.18. The van der Waals surface area contributed by atoms with Crippen molar-refractivity contribution in [3.8, 4) is 0 Å². The van der Waals surface area contributed by atoms with Crippen molar-refractivity contribution in [1.82, 2.24) is 19.5 Å². The number of nitrogens with zero attached hydrogens (tertiary/aromatic N) is 4. The molecule has 0 radical (unpaired) electrons. The molecule has 11 heteroatoms. The zero-order chi connectivity index (χ0) is 18.0. The van der Waals surface area contributed by atoms with Crippen LogP contribution >= 0.6 is 11.6 Å². The Bertz CT molecular complexity index is 756. The third-order valence-corrected chi connectivity index (χ3v) is 4.29. The van der Waals surface area contributed by atoms with Crippen molar-refractivity contribution in [3.05, 3.63) is 12.7 Å². The minimum Gasteiger partial charge on any atom is -0.481 e. The molecule has 1 aliphatic heterocycles. The Hall–Kier alpha value is -2.01. The molecule has 0 amide bonds. The van der Waals surface area contributed by atoms with Gasteiger partial charge in [0.25, 0.3) is 0 Å². The SMILES string of the molecule is O=C(O)CCCNc1ncnc2c1ncn2[C@@H]1O[C@H](CCl)C(O)[C@@H]1O. The highest BCUT2D eigenvalue weighted by Gasteiger charge is 2.43. The number of nitrogens with one attached hydrogen (secondary N) is 1. The molecule has 10 nitrogen and oxygen atoms in total. The number of rotatable bonds is 7. The number of aliphatic hydroxyl groups is 2. The maximum Gasteiger partial charge on any atom is 0.303 e. The van der Waals surface area contributed by atoms with Gasteiger partial charge in [0.2, 0.25) is 0 Å². The van der Waals surface area contributed by atoms with E-state index in [1.807, 2.05) is 0 Å². The molecule has 1 saturated heterocycles. The first-order chi connectivity index (χ1) is 12.0. The predicted molar refractivity (Wildman–Crippen MR) is 87.3 cm³/mol. The van der Waals surface area contributed by atoms with Crippen LogP contribution in [-0.2, 0) is 9.53 Å². The fourth-order valence-electron chi connectivity index (χ4n) is 2.70. The van der Waals surface area contributed by atoms with E-state index in [4.69, 9.17) is 21.4 Å². The third kappa shape index (κ3) is 3.52. The molecule has 0 bridgehead atoms. The number of aliphatic hydroxyl groups excluding tert-OH is 2. The first-order valence-electron chi connectivity index (χ1n) is 7.73. The van der Waals surface area contributed by atoms with Crippen LogP contribution in [0.1, 0.15) is 19.1 Å². The Kier molecular flexibility index (Phi) is 5.33. The molecule has 4 atom stereocenters. The maximum absolute atomic E-state index is 10.5. The van der Waals surface area contributed by atoms with Crippen LogP contribution in [0.3, 0.4) is 0 Å². The molecule has 1 fully saturated rings. The third-order valence-electron chi connectivity index (χ3n) is 3.98. The van der Waals surface area contributed by atoms with Gasteiger partial charge in [-0.3, -0.25) is 9.36 Å². The number of alkyl halides is 1. The lowest BCUT2D eigenvalue weighted by molar-refractivity contribution is -0.137. The summed E-state index contributed by atoms with van der Waals surface area (Å²) in [6.07, 6.45) is -0.549.